The molecule has 23 heavy (non-hydrogen) atoms. The number of nitrogens with zero attached hydrogens (tertiary/aromatic N) is 1. The molecule has 3 rings (SSSR count). The zero-order valence-corrected chi connectivity index (χ0v) is 14.0. The third-order valence-corrected chi connectivity index (χ3v) is 5.50. The van der Waals surface area contributed by atoms with Gasteiger partial charge in [-0.25, -0.2) is 4.79 Å². The van der Waals surface area contributed by atoms with E-state index in [4.69, 9.17) is 0 Å². The van der Waals surface area contributed by atoms with Crippen LogP contribution in [0, 0.1) is 5.92 Å². The van der Waals surface area contributed by atoms with Gasteiger partial charge in [0.25, 0.3) is 0 Å². The second kappa shape index (κ2) is 7.84. The van der Waals surface area contributed by atoms with Gasteiger partial charge in [0.15, 0.2) is 0 Å². The average Bonchev–Trinajstić information content (AvgIpc) is 2.60. The molecule has 1 aliphatic heterocycles. The number of nitrogens with one attached hydrogen (secondary N) is 2. The van der Waals surface area contributed by atoms with Crippen LogP contribution in [0.3, 0.4) is 0 Å². The molecule has 1 unspecified atom stereocenters. The van der Waals surface area contributed by atoms with E-state index in [0.29, 0.717) is 5.92 Å². The third-order valence-electron chi connectivity index (χ3n) is 5.50. The number of hydrogen-bond donors (Lipinski definition) is 2. The molecule has 1 saturated carbocycles. The van der Waals surface area contributed by atoms with Gasteiger partial charge in [-0.3, -0.25) is 4.79 Å². The topological polar surface area (TPSA) is 61.4 Å². The highest BCUT2D eigenvalue weighted by Crippen LogP contribution is 2.31. The van der Waals surface area contributed by atoms with E-state index in [1.54, 1.807) is 0 Å². The summed E-state index contributed by atoms with van der Waals surface area (Å²) in [5.74, 6) is 0.726. The van der Waals surface area contributed by atoms with Gasteiger partial charge in [0.05, 0.1) is 6.54 Å². The molecule has 1 heterocycles. The van der Waals surface area contributed by atoms with Gasteiger partial charge < -0.3 is 15.5 Å². The van der Waals surface area contributed by atoms with E-state index in [1.807, 2.05) is 4.90 Å². The van der Waals surface area contributed by atoms with Crippen molar-refractivity contribution >= 4 is 11.9 Å². The summed E-state index contributed by atoms with van der Waals surface area (Å²) >= 11 is 0. The van der Waals surface area contributed by atoms with Crippen LogP contribution in [-0.4, -0.2) is 42.5 Å². The van der Waals surface area contributed by atoms with E-state index >= 15 is 0 Å². The third kappa shape index (κ3) is 4.49. The van der Waals surface area contributed by atoms with E-state index in [2.05, 4.69) is 16.7 Å². The van der Waals surface area contributed by atoms with Crippen LogP contribution in [-0.2, 0) is 4.79 Å². The molecule has 0 aromatic heterocycles. The minimum absolute atomic E-state index is 0.0358. The van der Waals surface area contributed by atoms with E-state index < -0.39 is 0 Å². The summed E-state index contributed by atoms with van der Waals surface area (Å²) in [5.41, 5.74) is 1.43. The molecule has 128 valence electrons. The summed E-state index contributed by atoms with van der Waals surface area (Å²) in [4.78, 5) is 26.1. The highest BCUT2D eigenvalue weighted by molar-refractivity contribution is 5.84. The molecule has 0 radical (unpaired) electrons. The zero-order chi connectivity index (χ0) is 16.1. The summed E-state index contributed by atoms with van der Waals surface area (Å²) in [7, 11) is 0. The molecule has 2 fully saturated rings. The molecule has 2 aliphatic carbocycles. The Balaban J connectivity index is 1.40. The summed E-state index contributed by atoms with van der Waals surface area (Å²) < 4.78 is 0. The molecular weight excluding hydrogens is 290 g/mol. The maximum Gasteiger partial charge on any atom is 0.315 e. The van der Waals surface area contributed by atoms with Gasteiger partial charge in [-0.15, -0.1) is 0 Å². The van der Waals surface area contributed by atoms with Crippen LogP contribution in [0.1, 0.15) is 57.8 Å². The first kappa shape index (κ1) is 16.3. The predicted octanol–water partition coefficient (Wildman–Crippen LogP) is 2.58. The van der Waals surface area contributed by atoms with Crippen LogP contribution in [0.5, 0.6) is 0 Å². The van der Waals surface area contributed by atoms with Crippen LogP contribution in [0.2, 0.25) is 0 Å². The molecule has 5 heteroatoms. The second-order valence-electron chi connectivity index (χ2n) is 7.17. The predicted molar refractivity (Wildman–Crippen MR) is 90.0 cm³/mol. The number of rotatable bonds is 3. The van der Waals surface area contributed by atoms with E-state index in [1.165, 1.54) is 37.7 Å². The number of hydrogen-bond acceptors (Lipinski definition) is 2. The summed E-state index contributed by atoms with van der Waals surface area (Å²) in [5, 5.41) is 5.73. The first-order valence-electron chi connectivity index (χ1n) is 9.23. The molecule has 3 amide bonds. The maximum absolute atomic E-state index is 12.3. The number of urea groups is 1. The standard InChI is InChI=1S/C18H29N3O2/c22-17(12-19-18(23)20-16-8-2-1-3-9-16)21-11-10-14-6-4-5-7-15(14)13-21/h7,14,16H,1-6,8-13H2,(H2,19,20,23). The van der Waals surface area contributed by atoms with Gasteiger partial charge >= 0.3 is 6.03 Å². The SMILES string of the molecule is O=C(NCC(=O)N1CCC2CCCC=C2C1)NC1CCCCC1. The van der Waals surface area contributed by atoms with Crippen molar-refractivity contribution in [2.75, 3.05) is 19.6 Å². The van der Waals surface area contributed by atoms with Crippen LogP contribution in [0.25, 0.3) is 0 Å². The summed E-state index contributed by atoms with van der Waals surface area (Å²) in [6, 6.07) is 0.0824. The van der Waals surface area contributed by atoms with E-state index in [0.717, 1.165) is 38.8 Å². The number of carbonyl (C=O) groups is 2. The Morgan fingerprint density at radius 3 is 2.74 bits per heavy atom. The summed E-state index contributed by atoms with van der Waals surface area (Å²) in [6.45, 7) is 1.69. The number of piperidine rings is 1. The Hall–Kier alpha value is -1.52. The Labute approximate surface area is 138 Å². The lowest BCUT2D eigenvalue weighted by Crippen LogP contribution is -2.49. The van der Waals surface area contributed by atoms with Gasteiger partial charge in [0, 0.05) is 19.1 Å². The number of allylic oxidation sites excluding steroid dienone is 1. The van der Waals surface area contributed by atoms with Gasteiger partial charge in [-0.1, -0.05) is 30.9 Å². The van der Waals surface area contributed by atoms with Gasteiger partial charge in [-0.05, 0) is 44.4 Å². The molecule has 0 aromatic rings. The van der Waals surface area contributed by atoms with E-state index in [-0.39, 0.29) is 24.5 Å². The first-order chi connectivity index (χ1) is 11.2. The van der Waals surface area contributed by atoms with Crippen molar-refractivity contribution in [3.63, 3.8) is 0 Å². The number of amides is 3. The lowest BCUT2D eigenvalue weighted by atomic mass is 9.82. The minimum Gasteiger partial charge on any atom is -0.337 e. The lowest BCUT2D eigenvalue weighted by molar-refractivity contribution is -0.130. The highest BCUT2D eigenvalue weighted by atomic mass is 16.2. The van der Waals surface area contributed by atoms with Crippen molar-refractivity contribution in [2.45, 2.75) is 63.8 Å². The Morgan fingerprint density at radius 2 is 1.91 bits per heavy atom. The lowest BCUT2D eigenvalue weighted by Gasteiger charge is -2.36. The highest BCUT2D eigenvalue weighted by Gasteiger charge is 2.28. The fourth-order valence-electron chi connectivity index (χ4n) is 4.10. The molecule has 1 atom stereocenters. The number of likely N-dealkylation sites (tertiary alicyclic amines) is 1. The normalized spacial score (nSPS) is 25.3. The zero-order valence-electron chi connectivity index (χ0n) is 14.0. The van der Waals surface area contributed by atoms with Crippen molar-refractivity contribution in [3.8, 4) is 0 Å². The Kier molecular flexibility index (Phi) is 5.57. The van der Waals surface area contributed by atoms with Gasteiger partial charge in [0.1, 0.15) is 0 Å². The smallest absolute Gasteiger partial charge is 0.315 e. The monoisotopic (exact) mass is 319 g/mol. The largest absolute Gasteiger partial charge is 0.337 e. The van der Waals surface area contributed by atoms with Crippen LogP contribution in [0.4, 0.5) is 4.79 Å². The Morgan fingerprint density at radius 1 is 1.09 bits per heavy atom. The molecular formula is C18H29N3O2. The van der Waals surface area contributed by atoms with Crippen LogP contribution in [0.15, 0.2) is 11.6 Å². The fourth-order valence-corrected chi connectivity index (χ4v) is 4.10. The number of carbonyl (C=O) groups excluding carboxylic acids is 2. The van der Waals surface area contributed by atoms with Crippen molar-refractivity contribution in [1.82, 2.24) is 15.5 Å². The quantitative estimate of drug-likeness (QED) is 0.786. The summed E-state index contributed by atoms with van der Waals surface area (Å²) in [6.07, 6.45) is 12.9. The van der Waals surface area contributed by atoms with Crippen molar-refractivity contribution in [1.29, 1.82) is 0 Å². The molecule has 3 aliphatic rings. The van der Waals surface area contributed by atoms with Crippen molar-refractivity contribution in [3.05, 3.63) is 11.6 Å². The van der Waals surface area contributed by atoms with Crippen LogP contribution >= 0.6 is 0 Å². The average molecular weight is 319 g/mol. The molecule has 0 spiro atoms. The van der Waals surface area contributed by atoms with Crippen molar-refractivity contribution < 1.29 is 9.59 Å². The van der Waals surface area contributed by atoms with E-state index in [9.17, 15) is 9.59 Å². The van der Waals surface area contributed by atoms with Gasteiger partial charge in [-0.2, -0.15) is 0 Å². The first-order valence-corrected chi connectivity index (χ1v) is 9.23. The molecule has 0 aromatic carbocycles. The van der Waals surface area contributed by atoms with Crippen LogP contribution < -0.4 is 10.6 Å². The molecule has 2 N–H and O–H groups in total. The van der Waals surface area contributed by atoms with Crippen molar-refractivity contribution in [2.24, 2.45) is 5.92 Å². The Bertz CT molecular complexity index is 469. The molecule has 0 bridgehead atoms. The maximum atomic E-state index is 12.3. The number of fused-ring (bicyclic) bond motifs is 1. The molecule has 1 saturated heterocycles. The molecule has 5 nitrogen and oxygen atoms in total. The fraction of sp³-hybridized carbons (Fsp3) is 0.778. The minimum atomic E-state index is -0.197. The van der Waals surface area contributed by atoms with Gasteiger partial charge in [0.2, 0.25) is 5.91 Å². The second-order valence-corrected chi connectivity index (χ2v) is 7.17.